The average Bonchev–Trinajstić information content (AvgIpc) is 2.58. The highest BCUT2D eigenvalue weighted by Gasteiger charge is 2.39. The molecule has 1 saturated carbocycles. The Morgan fingerprint density at radius 2 is 2.00 bits per heavy atom. The van der Waals surface area contributed by atoms with Gasteiger partial charge in [-0.15, -0.1) is 0 Å². The summed E-state index contributed by atoms with van der Waals surface area (Å²) in [7, 11) is 0. The molecule has 1 amide bonds. The second-order valence-corrected chi connectivity index (χ2v) is 7.80. The number of carbonyl (C=O) groups excluding carboxylic acids is 1. The SMILES string of the molecule is C[C@H]1CN(C2CCCCC2)CC[C@@]1(C)c1cccc(C(N)=O)c1. The van der Waals surface area contributed by atoms with Gasteiger partial charge in [0.2, 0.25) is 5.91 Å². The molecule has 3 nitrogen and oxygen atoms in total. The topological polar surface area (TPSA) is 46.3 Å². The number of hydrogen-bond acceptors (Lipinski definition) is 2. The second-order valence-electron chi connectivity index (χ2n) is 7.80. The highest BCUT2D eigenvalue weighted by Crippen LogP contribution is 2.41. The molecule has 2 aliphatic rings. The molecule has 1 aromatic carbocycles. The van der Waals surface area contributed by atoms with E-state index >= 15 is 0 Å². The first kappa shape index (κ1) is 16.5. The lowest BCUT2D eigenvalue weighted by Crippen LogP contribution is -2.51. The summed E-state index contributed by atoms with van der Waals surface area (Å²) in [5, 5.41) is 0. The Kier molecular flexibility index (Phi) is 4.77. The molecule has 1 saturated heterocycles. The second kappa shape index (κ2) is 6.64. The lowest BCUT2D eigenvalue weighted by molar-refractivity contribution is 0.0593. The number of nitrogens with zero attached hydrogens (tertiary/aromatic N) is 1. The number of rotatable bonds is 3. The van der Waals surface area contributed by atoms with Gasteiger partial charge >= 0.3 is 0 Å². The van der Waals surface area contributed by atoms with Gasteiger partial charge in [0.05, 0.1) is 0 Å². The Morgan fingerprint density at radius 3 is 2.65 bits per heavy atom. The van der Waals surface area contributed by atoms with Crippen LogP contribution in [0, 0.1) is 5.92 Å². The molecule has 3 rings (SSSR count). The third-order valence-corrected chi connectivity index (χ3v) is 6.41. The molecule has 126 valence electrons. The van der Waals surface area contributed by atoms with Crippen LogP contribution in [0.2, 0.25) is 0 Å². The fourth-order valence-corrected chi connectivity index (χ4v) is 4.50. The summed E-state index contributed by atoms with van der Waals surface area (Å²) in [5.41, 5.74) is 7.50. The highest BCUT2D eigenvalue weighted by atomic mass is 16.1. The van der Waals surface area contributed by atoms with E-state index < -0.39 is 0 Å². The van der Waals surface area contributed by atoms with Crippen LogP contribution < -0.4 is 5.73 Å². The number of hydrogen-bond donors (Lipinski definition) is 1. The van der Waals surface area contributed by atoms with Crippen LogP contribution in [0.15, 0.2) is 24.3 Å². The van der Waals surface area contributed by atoms with Crippen molar-refractivity contribution in [2.24, 2.45) is 11.7 Å². The van der Waals surface area contributed by atoms with E-state index in [2.05, 4.69) is 24.8 Å². The average molecular weight is 314 g/mol. The minimum Gasteiger partial charge on any atom is -0.366 e. The summed E-state index contributed by atoms with van der Waals surface area (Å²) < 4.78 is 0. The van der Waals surface area contributed by atoms with Crippen LogP contribution >= 0.6 is 0 Å². The van der Waals surface area contributed by atoms with E-state index in [1.165, 1.54) is 50.8 Å². The molecule has 2 atom stereocenters. The number of benzene rings is 1. The molecule has 0 radical (unpaired) electrons. The van der Waals surface area contributed by atoms with Crippen molar-refractivity contribution < 1.29 is 4.79 Å². The molecular weight excluding hydrogens is 284 g/mol. The lowest BCUT2D eigenvalue weighted by Gasteiger charge is -2.48. The van der Waals surface area contributed by atoms with E-state index in [1.54, 1.807) is 0 Å². The molecular formula is C20H30N2O. The molecule has 1 heterocycles. The Morgan fingerprint density at radius 1 is 1.26 bits per heavy atom. The largest absolute Gasteiger partial charge is 0.366 e. The first-order valence-electron chi connectivity index (χ1n) is 9.15. The van der Waals surface area contributed by atoms with Crippen LogP contribution in [0.4, 0.5) is 0 Å². The summed E-state index contributed by atoms with van der Waals surface area (Å²) >= 11 is 0. The number of primary amides is 1. The minimum absolute atomic E-state index is 0.136. The fraction of sp³-hybridized carbons (Fsp3) is 0.650. The zero-order valence-corrected chi connectivity index (χ0v) is 14.6. The third kappa shape index (κ3) is 3.30. The Hall–Kier alpha value is -1.35. The maximum absolute atomic E-state index is 11.5. The molecule has 0 spiro atoms. The van der Waals surface area contributed by atoms with Gasteiger partial charge in [-0.1, -0.05) is 45.2 Å². The van der Waals surface area contributed by atoms with Crippen molar-refractivity contribution in [1.29, 1.82) is 0 Å². The smallest absolute Gasteiger partial charge is 0.248 e. The van der Waals surface area contributed by atoms with E-state index in [0.29, 0.717) is 11.5 Å². The maximum Gasteiger partial charge on any atom is 0.248 e. The summed E-state index contributed by atoms with van der Waals surface area (Å²) in [6.07, 6.45) is 8.12. The van der Waals surface area contributed by atoms with E-state index in [-0.39, 0.29) is 11.3 Å². The molecule has 0 bridgehead atoms. The lowest BCUT2D eigenvalue weighted by atomic mass is 9.67. The first-order valence-corrected chi connectivity index (χ1v) is 9.15. The minimum atomic E-state index is -0.331. The maximum atomic E-state index is 11.5. The Bertz CT molecular complexity index is 565. The molecule has 1 aliphatic heterocycles. The summed E-state index contributed by atoms with van der Waals surface area (Å²) in [5.74, 6) is 0.254. The Labute approximate surface area is 140 Å². The van der Waals surface area contributed by atoms with Gasteiger partial charge in [-0.05, 0) is 54.8 Å². The van der Waals surface area contributed by atoms with Crippen LogP contribution in [0.1, 0.15) is 68.3 Å². The quantitative estimate of drug-likeness (QED) is 0.924. The predicted molar refractivity (Wildman–Crippen MR) is 94.5 cm³/mol. The normalized spacial score (nSPS) is 30.3. The van der Waals surface area contributed by atoms with Crippen molar-refractivity contribution in [1.82, 2.24) is 4.90 Å². The van der Waals surface area contributed by atoms with Crippen LogP contribution in [0.3, 0.4) is 0 Å². The van der Waals surface area contributed by atoms with Gasteiger partial charge < -0.3 is 10.6 Å². The molecule has 1 aliphatic carbocycles. The van der Waals surface area contributed by atoms with Crippen molar-refractivity contribution in [2.75, 3.05) is 13.1 Å². The predicted octanol–water partition coefficient (Wildman–Crippen LogP) is 3.72. The van der Waals surface area contributed by atoms with Crippen molar-refractivity contribution >= 4 is 5.91 Å². The van der Waals surface area contributed by atoms with E-state index in [9.17, 15) is 4.79 Å². The van der Waals surface area contributed by atoms with Crippen molar-refractivity contribution in [2.45, 2.75) is 63.8 Å². The van der Waals surface area contributed by atoms with E-state index in [4.69, 9.17) is 5.73 Å². The number of carbonyl (C=O) groups is 1. The van der Waals surface area contributed by atoms with Gasteiger partial charge in [0.25, 0.3) is 0 Å². The van der Waals surface area contributed by atoms with Gasteiger partial charge in [-0.25, -0.2) is 0 Å². The number of amides is 1. The molecule has 0 aromatic heterocycles. The molecule has 23 heavy (non-hydrogen) atoms. The highest BCUT2D eigenvalue weighted by molar-refractivity contribution is 5.92. The summed E-state index contributed by atoms with van der Waals surface area (Å²) in [6, 6.07) is 8.76. The van der Waals surface area contributed by atoms with Gasteiger partial charge in [0, 0.05) is 18.2 Å². The molecule has 2 N–H and O–H groups in total. The van der Waals surface area contributed by atoms with Gasteiger partial charge in [0.15, 0.2) is 0 Å². The third-order valence-electron chi connectivity index (χ3n) is 6.41. The first-order chi connectivity index (χ1) is 11.0. The fourth-order valence-electron chi connectivity index (χ4n) is 4.50. The zero-order valence-electron chi connectivity index (χ0n) is 14.6. The molecule has 2 fully saturated rings. The van der Waals surface area contributed by atoms with Gasteiger partial charge in [-0.2, -0.15) is 0 Å². The van der Waals surface area contributed by atoms with E-state index in [1.807, 2.05) is 18.2 Å². The van der Waals surface area contributed by atoms with Crippen LogP contribution in [-0.2, 0) is 5.41 Å². The van der Waals surface area contributed by atoms with Gasteiger partial charge in [-0.3, -0.25) is 4.79 Å². The molecule has 0 unspecified atom stereocenters. The summed E-state index contributed by atoms with van der Waals surface area (Å²) in [4.78, 5) is 14.2. The number of nitrogens with two attached hydrogens (primary N) is 1. The number of piperidine rings is 1. The monoisotopic (exact) mass is 314 g/mol. The van der Waals surface area contributed by atoms with Crippen molar-refractivity contribution in [3.63, 3.8) is 0 Å². The molecule has 1 aromatic rings. The Balaban J connectivity index is 1.75. The summed E-state index contributed by atoms with van der Waals surface area (Å²) in [6.45, 7) is 7.07. The molecule has 3 heteroatoms. The van der Waals surface area contributed by atoms with Gasteiger partial charge in [0.1, 0.15) is 0 Å². The van der Waals surface area contributed by atoms with Crippen LogP contribution in [-0.4, -0.2) is 29.9 Å². The van der Waals surface area contributed by atoms with E-state index in [0.717, 1.165) is 12.5 Å². The van der Waals surface area contributed by atoms with Crippen LogP contribution in [0.25, 0.3) is 0 Å². The zero-order chi connectivity index (χ0) is 16.4. The van der Waals surface area contributed by atoms with Crippen molar-refractivity contribution in [3.8, 4) is 0 Å². The standard InChI is InChI=1S/C20H30N2O/c1-15-14-22(18-9-4-3-5-10-18)12-11-20(15,2)17-8-6-7-16(13-17)19(21)23/h6-8,13,15,18H,3-5,9-12,14H2,1-2H3,(H2,21,23)/t15-,20+/m0/s1. The number of likely N-dealkylation sites (tertiary alicyclic amines) is 1. The van der Waals surface area contributed by atoms with Crippen molar-refractivity contribution in [3.05, 3.63) is 35.4 Å². The van der Waals surface area contributed by atoms with Crippen LogP contribution in [0.5, 0.6) is 0 Å².